The Hall–Kier alpha value is -3.65. The highest BCUT2D eigenvalue weighted by Crippen LogP contribution is 2.43. The molecule has 0 bridgehead atoms. The third kappa shape index (κ3) is 5.54. The number of rotatable bonds is 4. The highest BCUT2D eigenvalue weighted by Gasteiger charge is 2.24. The number of nitrogens with zero attached hydrogens (tertiary/aromatic N) is 1. The Morgan fingerprint density at radius 3 is 2.51 bits per heavy atom. The molecule has 2 N–H and O–H groups in total. The van der Waals surface area contributed by atoms with Gasteiger partial charge in [0.05, 0.1) is 29.7 Å². The maximum Gasteiger partial charge on any atom is 0.307 e. The van der Waals surface area contributed by atoms with Crippen LogP contribution in [0.25, 0.3) is 32.8 Å². The monoisotopic (exact) mass is 511 g/mol. The van der Waals surface area contributed by atoms with Crippen LogP contribution >= 0.6 is 0 Å². The van der Waals surface area contributed by atoms with Gasteiger partial charge in [-0.3, -0.25) is 9.78 Å². The second-order valence-corrected chi connectivity index (χ2v) is 10.1. The summed E-state index contributed by atoms with van der Waals surface area (Å²) in [5, 5.41) is 19.7. The molecule has 5 rings (SSSR count). The van der Waals surface area contributed by atoms with E-state index in [1.165, 1.54) is 0 Å². The predicted octanol–water partition coefficient (Wildman–Crippen LogP) is 6.78. The average Bonchev–Trinajstić information content (AvgIpc) is 2.79. The van der Waals surface area contributed by atoms with Crippen LogP contribution in [0, 0.1) is 12.7 Å². The largest absolute Gasteiger partial charge is 0.493 e. The number of carbonyl (C=O) groups is 1. The van der Waals surface area contributed by atoms with E-state index in [1.54, 1.807) is 52.1 Å². The molecule has 1 aromatic heterocycles. The van der Waals surface area contributed by atoms with Crippen LogP contribution in [-0.2, 0) is 17.6 Å². The van der Waals surface area contributed by atoms with Crippen molar-refractivity contribution in [1.82, 2.24) is 4.98 Å². The summed E-state index contributed by atoms with van der Waals surface area (Å²) in [4.78, 5) is 16.2. The first-order valence-electron chi connectivity index (χ1n) is 11.9. The van der Waals surface area contributed by atoms with E-state index in [9.17, 15) is 23.1 Å². The number of ether oxygens (including phenoxy) is 1. The topological polar surface area (TPSA) is 79.7 Å². The van der Waals surface area contributed by atoms with Gasteiger partial charge in [0.2, 0.25) is 0 Å². The number of fused-ring (bicyclic) bond motifs is 1. The lowest BCUT2D eigenvalue weighted by molar-refractivity contribution is -0.136. The van der Waals surface area contributed by atoms with E-state index in [2.05, 4.69) is 4.98 Å². The quantitative estimate of drug-likeness (QED) is 0.316. The number of hydrogen-bond donors (Lipinski definition) is 2. The van der Waals surface area contributed by atoms with Crippen LogP contribution in [0.5, 0.6) is 5.75 Å². The van der Waals surface area contributed by atoms with Crippen LogP contribution in [0.15, 0.2) is 42.6 Å². The highest BCUT2D eigenvalue weighted by atomic mass is 19.3. The molecular weight excluding hydrogens is 483 g/mol. The first-order chi connectivity index (χ1) is 17.3. The Kier molecular flexibility index (Phi) is 7.15. The molecule has 0 fully saturated rings. The molecule has 0 aliphatic carbocycles. The summed E-state index contributed by atoms with van der Waals surface area (Å²) in [6, 6.07) is 9.33. The number of aromatic nitrogens is 1. The lowest BCUT2D eigenvalue weighted by Crippen LogP contribution is -2.10. The molecular formula is C29H28F3NO4. The Bertz CT molecular complexity index is 1490. The van der Waals surface area contributed by atoms with E-state index in [4.69, 9.17) is 9.84 Å². The van der Waals surface area contributed by atoms with E-state index in [0.717, 1.165) is 23.1 Å². The van der Waals surface area contributed by atoms with Crippen LogP contribution in [0.4, 0.5) is 13.2 Å². The van der Waals surface area contributed by atoms with Crippen molar-refractivity contribution in [3.8, 4) is 16.9 Å². The summed E-state index contributed by atoms with van der Waals surface area (Å²) in [5.74, 6) is -1.39. The van der Waals surface area contributed by atoms with Crippen LogP contribution in [0.2, 0.25) is 0 Å². The fourth-order valence-corrected chi connectivity index (χ4v) is 4.58. The molecule has 2 heterocycles. The zero-order valence-corrected chi connectivity index (χ0v) is 21.0. The lowest BCUT2D eigenvalue weighted by Gasteiger charge is -2.22. The summed E-state index contributed by atoms with van der Waals surface area (Å²) in [6.45, 7) is 7.51. The number of aliphatic carboxylic acids is 1. The van der Waals surface area contributed by atoms with Gasteiger partial charge in [0.15, 0.2) is 0 Å². The Morgan fingerprint density at radius 2 is 1.86 bits per heavy atom. The Morgan fingerprint density at radius 1 is 1.16 bits per heavy atom. The maximum absolute atomic E-state index is 14.6. The van der Waals surface area contributed by atoms with Gasteiger partial charge in [0.25, 0.3) is 6.43 Å². The van der Waals surface area contributed by atoms with Gasteiger partial charge in [-0.15, -0.1) is 0 Å². The predicted molar refractivity (Wildman–Crippen MR) is 137 cm³/mol. The molecule has 37 heavy (non-hydrogen) atoms. The molecule has 8 heteroatoms. The molecule has 0 unspecified atom stereocenters. The summed E-state index contributed by atoms with van der Waals surface area (Å²) in [6.07, 6.45) is -0.866. The molecule has 5 nitrogen and oxygen atoms in total. The number of aryl methyl sites for hydroxylation is 1. The zero-order chi connectivity index (χ0) is 27.1. The second kappa shape index (κ2) is 10.0. The van der Waals surface area contributed by atoms with Gasteiger partial charge in [-0.25, -0.2) is 13.2 Å². The van der Waals surface area contributed by atoms with Gasteiger partial charge < -0.3 is 14.9 Å². The number of carboxylic acid groups (broad SMARTS) is 1. The lowest BCUT2D eigenvalue weighted by atomic mass is 9.86. The first kappa shape index (κ1) is 26.4. The summed E-state index contributed by atoms with van der Waals surface area (Å²) >= 11 is 0. The number of halogens is 3. The zero-order valence-electron chi connectivity index (χ0n) is 21.0. The molecule has 0 saturated carbocycles. The Labute approximate surface area is 212 Å². The molecule has 1 aliphatic rings. The minimum absolute atomic E-state index is 0.297. The summed E-state index contributed by atoms with van der Waals surface area (Å²) in [7, 11) is 0. The second-order valence-electron chi connectivity index (χ2n) is 10.1. The van der Waals surface area contributed by atoms with Crippen LogP contribution in [0.1, 0.15) is 49.5 Å². The fourth-order valence-electron chi connectivity index (χ4n) is 4.58. The van der Waals surface area contributed by atoms with Gasteiger partial charge in [-0.1, -0.05) is 6.07 Å². The molecule has 0 amide bonds. The number of aliphatic hydroxyl groups is 1. The highest BCUT2D eigenvalue weighted by molar-refractivity contribution is 6.08. The third-order valence-electron chi connectivity index (χ3n) is 5.99. The molecule has 194 valence electrons. The van der Waals surface area contributed by atoms with Gasteiger partial charge in [-0.05, 0) is 91.1 Å². The molecule has 3 aromatic carbocycles. The number of hydrogen-bond acceptors (Lipinski definition) is 4. The van der Waals surface area contributed by atoms with E-state index in [1.807, 2.05) is 6.07 Å². The van der Waals surface area contributed by atoms with Gasteiger partial charge in [0.1, 0.15) is 11.6 Å². The molecule has 0 atom stereocenters. The van der Waals surface area contributed by atoms with Gasteiger partial charge >= 0.3 is 5.97 Å². The minimum atomic E-state index is -2.96. The SMILES string of the molecule is CC(C)(C)O.Cc1cc2cc(C(F)F)c(F)cc2c(-c2ccc3c4c(ccnc24)CCO3)c1CC(=O)O. The minimum Gasteiger partial charge on any atom is -0.493 e. The van der Waals surface area contributed by atoms with E-state index in [-0.39, 0.29) is 6.42 Å². The fraction of sp³-hybridized carbons (Fsp3) is 0.310. The van der Waals surface area contributed by atoms with Crippen molar-refractivity contribution in [3.05, 3.63) is 70.7 Å². The summed E-state index contributed by atoms with van der Waals surface area (Å²) < 4.78 is 47.1. The van der Waals surface area contributed by atoms with E-state index >= 15 is 0 Å². The molecule has 0 radical (unpaired) electrons. The van der Waals surface area contributed by atoms with Crippen molar-refractivity contribution in [2.75, 3.05) is 6.61 Å². The van der Waals surface area contributed by atoms with Crippen LogP contribution in [0.3, 0.4) is 0 Å². The molecule has 0 spiro atoms. The number of alkyl halides is 2. The van der Waals surface area contributed by atoms with Crippen molar-refractivity contribution < 1.29 is 32.9 Å². The average molecular weight is 512 g/mol. The molecule has 0 saturated heterocycles. The standard InChI is InChI=1S/C25H18F3NO3.C4H10O/c1-12-8-14-9-18(25(27)28)19(26)10-17(14)23(16(12)11-21(30)31)15-2-3-20-22-13(5-7-32-20)4-6-29-24(15)22;1-4(2,3)5/h2-4,6,8-10,25H,5,7,11H2,1H3,(H,30,31);5H,1-3H3. The van der Waals surface area contributed by atoms with Crippen LogP contribution in [-0.4, -0.2) is 33.4 Å². The van der Waals surface area contributed by atoms with E-state index < -0.39 is 29.4 Å². The van der Waals surface area contributed by atoms with Crippen molar-refractivity contribution >= 4 is 27.6 Å². The number of benzene rings is 3. The number of pyridine rings is 1. The summed E-state index contributed by atoms with van der Waals surface area (Å²) in [5.41, 5.74) is 2.70. The number of carboxylic acids is 1. The first-order valence-corrected chi connectivity index (χ1v) is 11.9. The van der Waals surface area contributed by atoms with Crippen molar-refractivity contribution in [2.24, 2.45) is 0 Å². The Balaban J connectivity index is 0.000000586. The van der Waals surface area contributed by atoms with Gasteiger partial charge in [-0.2, -0.15) is 0 Å². The van der Waals surface area contributed by atoms with Crippen LogP contribution < -0.4 is 4.74 Å². The molecule has 4 aromatic rings. The van der Waals surface area contributed by atoms with Crippen molar-refractivity contribution in [2.45, 2.75) is 52.6 Å². The maximum atomic E-state index is 14.6. The van der Waals surface area contributed by atoms with Crippen molar-refractivity contribution in [1.29, 1.82) is 0 Å². The third-order valence-corrected chi connectivity index (χ3v) is 5.99. The normalized spacial score (nSPS) is 12.9. The smallest absolute Gasteiger partial charge is 0.307 e. The van der Waals surface area contributed by atoms with E-state index in [0.29, 0.717) is 57.3 Å². The molecule has 1 aliphatic heterocycles. The van der Waals surface area contributed by atoms with Crippen molar-refractivity contribution in [3.63, 3.8) is 0 Å². The van der Waals surface area contributed by atoms with Gasteiger partial charge in [0, 0.05) is 23.6 Å².